The number of carboxylic acid groups (broad SMARTS) is 4. The molecule has 0 aliphatic heterocycles. The average Bonchev–Trinajstić information content (AvgIpc) is 3.09. The maximum absolute atomic E-state index is 13.1. The number of aliphatic hydroxyl groups is 3. The van der Waals surface area contributed by atoms with E-state index in [-0.39, 0.29) is 30.9 Å². The van der Waals surface area contributed by atoms with Gasteiger partial charge in [0.05, 0.1) is 49.7 Å². The second kappa shape index (κ2) is 25.7. The van der Waals surface area contributed by atoms with Gasteiger partial charge in [-0.2, -0.15) is 4.57 Å². The van der Waals surface area contributed by atoms with E-state index in [4.69, 9.17) is 19.7 Å². The van der Waals surface area contributed by atoms with Gasteiger partial charge in [-0.25, -0.2) is 0 Å². The number of unbranched alkanes of at least 4 members (excludes halogenated alkanes) is 2. The molecule has 0 fully saturated rings. The molecule has 0 bridgehead atoms. The van der Waals surface area contributed by atoms with Crippen LogP contribution in [0.2, 0.25) is 0 Å². The number of aliphatic hydroxyl groups excluding tert-OH is 3. The van der Waals surface area contributed by atoms with Gasteiger partial charge in [-0.15, -0.1) is 0 Å². The first-order valence-electron chi connectivity index (χ1n) is 19.3. The third kappa shape index (κ3) is 20.0. The zero-order valence-electron chi connectivity index (χ0n) is 32.8. The van der Waals surface area contributed by atoms with Gasteiger partial charge in [0.15, 0.2) is 18.0 Å². The molecule has 56 heavy (non-hydrogen) atoms. The van der Waals surface area contributed by atoms with Crippen molar-refractivity contribution in [1.82, 2.24) is 0 Å². The van der Waals surface area contributed by atoms with Crippen LogP contribution in [-0.2, 0) is 38.2 Å². The number of carbonyl (C=O) groups excluding carboxylic acids is 2. The Bertz CT molecular complexity index is 1400. The van der Waals surface area contributed by atoms with Crippen LogP contribution in [0.3, 0.4) is 0 Å². The molecule has 17 nitrogen and oxygen atoms in total. The smallest absolute Gasteiger partial charge is 0.307 e. The number of pyridine rings is 1. The van der Waals surface area contributed by atoms with E-state index >= 15 is 0 Å². The van der Waals surface area contributed by atoms with Crippen molar-refractivity contribution in [1.29, 1.82) is 0 Å². The molecule has 10 unspecified atom stereocenters. The first-order chi connectivity index (χ1) is 26.2. The Morgan fingerprint density at radius 1 is 0.696 bits per heavy atom. The molecule has 318 valence electrons. The normalized spacial score (nSPS) is 16.8. The van der Waals surface area contributed by atoms with Crippen LogP contribution in [0.5, 0.6) is 5.75 Å². The fourth-order valence-electron chi connectivity index (χ4n) is 6.59. The summed E-state index contributed by atoms with van der Waals surface area (Å²) in [6, 6.07) is 2.75. The van der Waals surface area contributed by atoms with Crippen LogP contribution in [-0.4, -0.2) is 107 Å². The van der Waals surface area contributed by atoms with Crippen LogP contribution in [0.4, 0.5) is 0 Å². The third-order valence-corrected chi connectivity index (χ3v) is 9.84. The first-order valence-corrected chi connectivity index (χ1v) is 19.3. The maximum Gasteiger partial charge on any atom is 0.307 e. The van der Waals surface area contributed by atoms with Gasteiger partial charge in [-0.05, 0) is 50.0 Å². The van der Waals surface area contributed by atoms with E-state index < -0.39 is 116 Å². The maximum atomic E-state index is 13.1. The van der Waals surface area contributed by atoms with Crippen LogP contribution in [0.15, 0.2) is 24.5 Å². The topological polar surface area (TPSA) is 287 Å². The molecule has 17 heteroatoms. The zero-order valence-corrected chi connectivity index (χ0v) is 32.8. The summed E-state index contributed by atoms with van der Waals surface area (Å²) in [5.41, 5.74) is 0. The molecule has 1 rings (SSSR count). The number of nitrogens with zero attached hydrogens (tertiary/aromatic N) is 1. The van der Waals surface area contributed by atoms with Gasteiger partial charge in [0.1, 0.15) is 18.3 Å². The Morgan fingerprint density at radius 2 is 1.21 bits per heavy atom. The summed E-state index contributed by atoms with van der Waals surface area (Å²) < 4.78 is 13.1. The Balaban J connectivity index is 3.05. The SMILES string of the molecule is CCCCC(C)C(OC(=O)CC(CC(=O)O)C(=O)O)C(CC(C)CC(O)CCCCC(O)CC(O)C(C)[n+]1cccc(O)c1)OC(=O)CC(CC(=O)O)C(=O)O. The molecular weight excluding hydrogens is 738 g/mol. The summed E-state index contributed by atoms with van der Waals surface area (Å²) >= 11 is 0. The van der Waals surface area contributed by atoms with Crippen LogP contribution in [0.25, 0.3) is 0 Å². The highest BCUT2D eigenvalue weighted by Gasteiger charge is 2.37. The second-order valence-electron chi connectivity index (χ2n) is 15.0. The predicted molar refractivity (Wildman–Crippen MR) is 197 cm³/mol. The van der Waals surface area contributed by atoms with Crippen LogP contribution in [0.1, 0.15) is 124 Å². The molecule has 10 atom stereocenters. The molecule has 0 saturated carbocycles. The minimum atomic E-state index is -1.60. The van der Waals surface area contributed by atoms with E-state index in [1.54, 1.807) is 37.6 Å². The summed E-state index contributed by atoms with van der Waals surface area (Å²) in [6.45, 7) is 7.18. The molecule has 0 amide bonds. The van der Waals surface area contributed by atoms with Crippen molar-refractivity contribution < 1.29 is 83.7 Å². The molecule has 0 saturated heterocycles. The van der Waals surface area contributed by atoms with Gasteiger partial charge >= 0.3 is 35.8 Å². The Kier molecular flexibility index (Phi) is 22.8. The van der Waals surface area contributed by atoms with Gasteiger partial charge in [0, 0.05) is 19.4 Å². The number of ether oxygens (including phenoxy) is 2. The minimum Gasteiger partial charge on any atom is -0.503 e. The second-order valence-corrected chi connectivity index (χ2v) is 15.0. The quantitative estimate of drug-likeness (QED) is 0.0314. The lowest BCUT2D eigenvalue weighted by molar-refractivity contribution is -0.727. The van der Waals surface area contributed by atoms with Crippen LogP contribution in [0, 0.1) is 23.7 Å². The van der Waals surface area contributed by atoms with E-state index in [2.05, 4.69) is 0 Å². The van der Waals surface area contributed by atoms with Crippen molar-refractivity contribution in [2.45, 2.75) is 154 Å². The highest BCUT2D eigenvalue weighted by Crippen LogP contribution is 2.29. The van der Waals surface area contributed by atoms with Gasteiger partial charge in [0.25, 0.3) is 0 Å². The molecule has 0 aromatic carbocycles. The Morgan fingerprint density at radius 3 is 1.70 bits per heavy atom. The molecule has 1 heterocycles. The summed E-state index contributed by atoms with van der Waals surface area (Å²) in [4.78, 5) is 72.0. The summed E-state index contributed by atoms with van der Waals surface area (Å²) in [6.07, 6.45) is -0.991. The van der Waals surface area contributed by atoms with Crippen LogP contribution < -0.4 is 4.57 Å². The fourth-order valence-corrected chi connectivity index (χ4v) is 6.59. The highest BCUT2D eigenvalue weighted by molar-refractivity contribution is 5.83. The molecule has 0 spiro atoms. The monoisotopic (exact) mass is 800 g/mol. The fraction of sp³-hybridized carbons (Fsp3) is 0.718. The lowest BCUT2D eigenvalue weighted by Crippen LogP contribution is -2.44. The van der Waals surface area contributed by atoms with Gasteiger partial charge in [-0.3, -0.25) is 28.8 Å². The number of aliphatic carboxylic acids is 4. The molecule has 0 aliphatic carbocycles. The van der Waals surface area contributed by atoms with Crippen LogP contribution >= 0.6 is 0 Å². The van der Waals surface area contributed by atoms with Crippen molar-refractivity contribution in [3.8, 4) is 5.75 Å². The van der Waals surface area contributed by atoms with E-state index in [1.807, 2.05) is 6.92 Å². The van der Waals surface area contributed by atoms with E-state index in [1.165, 1.54) is 12.3 Å². The molecule has 0 radical (unpaired) electrons. The lowest BCUT2D eigenvalue weighted by Gasteiger charge is -2.33. The van der Waals surface area contributed by atoms with Gasteiger partial charge in [0.2, 0.25) is 6.20 Å². The summed E-state index contributed by atoms with van der Waals surface area (Å²) in [5.74, 6) is -12.0. The molecular formula is C39H62NO16+. The van der Waals surface area contributed by atoms with Crippen molar-refractivity contribution in [2.24, 2.45) is 23.7 Å². The van der Waals surface area contributed by atoms with E-state index in [9.17, 15) is 59.4 Å². The first kappa shape index (κ1) is 49.7. The van der Waals surface area contributed by atoms with E-state index in [0.717, 1.165) is 6.42 Å². The minimum absolute atomic E-state index is 0.0113. The predicted octanol–water partition coefficient (Wildman–Crippen LogP) is 3.47. The molecule has 1 aromatic heterocycles. The number of carbonyl (C=O) groups is 6. The van der Waals surface area contributed by atoms with E-state index in [0.29, 0.717) is 38.5 Å². The van der Waals surface area contributed by atoms with Crippen molar-refractivity contribution in [3.05, 3.63) is 24.5 Å². The van der Waals surface area contributed by atoms with Crippen molar-refractivity contribution in [3.63, 3.8) is 0 Å². The average molecular weight is 801 g/mol. The molecule has 8 N–H and O–H groups in total. The summed E-state index contributed by atoms with van der Waals surface area (Å²) in [7, 11) is 0. The number of aromatic nitrogens is 1. The number of carboxylic acids is 4. The number of aromatic hydroxyl groups is 1. The van der Waals surface area contributed by atoms with Gasteiger partial charge in [-0.1, -0.05) is 46.5 Å². The summed E-state index contributed by atoms with van der Waals surface area (Å²) in [5, 5.41) is 79.0. The number of hydrogen-bond acceptors (Lipinski definition) is 12. The largest absolute Gasteiger partial charge is 0.503 e. The molecule has 1 aromatic rings. The molecule has 0 aliphatic rings. The number of hydrogen-bond donors (Lipinski definition) is 8. The van der Waals surface area contributed by atoms with Crippen molar-refractivity contribution in [2.75, 3.05) is 0 Å². The highest BCUT2D eigenvalue weighted by atomic mass is 16.6. The third-order valence-electron chi connectivity index (χ3n) is 9.84. The number of rotatable bonds is 30. The lowest BCUT2D eigenvalue weighted by atomic mass is 9.87. The van der Waals surface area contributed by atoms with Gasteiger partial charge < -0.3 is 50.3 Å². The van der Waals surface area contributed by atoms with Crippen molar-refractivity contribution >= 4 is 35.8 Å². The standard InChI is InChI=1S/C39H61NO16/c1-5-6-10-24(3)37(56-36(50)20-27(39(53)54)18-34(47)48)32(55-35(49)19-26(38(51)52)17-33(45)46)16-23(2)15-28(41)11-7-8-12-29(42)21-31(44)25(4)40-14-9-13-30(43)22-40/h9,13-14,22-29,31-32,37,41-42,44H,5-8,10-12,15-21H2,1-4H3,(H4-,43,45,46,47,48,51,52,53,54)/p+1. The number of esters is 2. The Labute approximate surface area is 327 Å². The zero-order chi connectivity index (χ0) is 42.5. The Hall–Kier alpha value is -4.35.